The number of carbonyl (C=O) groups is 1. The highest BCUT2D eigenvalue weighted by Gasteiger charge is 2.41. The van der Waals surface area contributed by atoms with E-state index in [0.29, 0.717) is 0 Å². The van der Waals surface area contributed by atoms with E-state index >= 15 is 0 Å². The monoisotopic (exact) mass is 162 g/mol. The lowest BCUT2D eigenvalue weighted by Gasteiger charge is -2.31. The van der Waals surface area contributed by atoms with Gasteiger partial charge in [0.2, 0.25) is 0 Å². The number of esters is 1. The van der Waals surface area contributed by atoms with Crippen LogP contribution in [0.15, 0.2) is 0 Å². The number of rotatable bonds is 0. The molecule has 1 saturated heterocycles. The molecule has 5 nitrogen and oxygen atoms in total. The average molecular weight is 162 g/mol. The zero-order chi connectivity index (χ0) is 8.59. The van der Waals surface area contributed by atoms with Gasteiger partial charge in [-0.25, -0.2) is 4.79 Å². The molecule has 1 aliphatic heterocycles. The second-order valence-electron chi connectivity index (χ2n) is 2.57. The van der Waals surface area contributed by atoms with Gasteiger partial charge in [0.1, 0.15) is 18.3 Å². The third-order valence-electron chi connectivity index (χ3n) is 1.70. The number of aliphatic hydroxyl groups is 3. The molecule has 0 bridgehead atoms. The SMILES string of the molecule is C[C@@H]1OC(=O)[C@@H](O)[C@H](O)[C@@H]1O. The molecule has 0 aromatic heterocycles. The molecule has 3 N–H and O–H groups in total. The molecule has 5 heteroatoms. The minimum Gasteiger partial charge on any atom is -0.458 e. The molecule has 0 saturated carbocycles. The first-order valence-corrected chi connectivity index (χ1v) is 3.28. The summed E-state index contributed by atoms with van der Waals surface area (Å²) in [4.78, 5) is 10.6. The lowest BCUT2D eigenvalue weighted by Crippen LogP contribution is -2.54. The van der Waals surface area contributed by atoms with Crippen molar-refractivity contribution in [2.45, 2.75) is 31.3 Å². The van der Waals surface area contributed by atoms with Crippen LogP contribution in [0.1, 0.15) is 6.92 Å². The number of carbonyl (C=O) groups excluding carboxylic acids is 1. The van der Waals surface area contributed by atoms with Gasteiger partial charge < -0.3 is 20.1 Å². The van der Waals surface area contributed by atoms with Crippen LogP contribution in [0.3, 0.4) is 0 Å². The van der Waals surface area contributed by atoms with Crippen LogP contribution in [0.25, 0.3) is 0 Å². The number of cyclic esters (lactones) is 1. The van der Waals surface area contributed by atoms with E-state index in [2.05, 4.69) is 4.74 Å². The average Bonchev–Trinajstić information content (AvgIpc) is 1.97. The fourth-order valence-corrected chi connectivity index (χ4v) is 0.927. The molecule has 4 atom stereocenters. The van der Waals surface area contributed by atoms with Crippen LogP contribution in [-0.4, -0.2) is 45.7 Å². The fourth-order valence-electron chi connectivity index (χ4n) is 0.927. The first kappa shape index (κ1) is 8.45. The van der Waals surface area contributed by atoms with Crippen LogP contribution >= 0.6 is 0 Å². The molecule has 1 fully saturated rings. The van der Waals surface area contributed by atoms with Crippen LogP contribution in [0.5, 0.6) is 0 Å². The van der Waals surface area contributed by atoms with Crippen molar-refractivity contribution in [1.29, 1.82) is 0 Å². The van der Waals surface area contributed by atoms with Crippen molar-refractivity contribution in [3.05, 3.63) is 0 Å². The van der Waals surface area contributed by atoms with Gasteiger partial charge in [-0.3, -0.25) is 0 Å². The highest BCUT2D eigenvalue weighted by atomic mass is 16.6. The Balaban J connectivity index is 2.70. The lowest BCUT2D eigenvalue weighted by molar-refractivity contribution is -0.199. The zero-order valence-electron chi connectivity index (χ0n) is 5.97. The summed E-state index contributed by atoms with van der Waals surface area (Å²) in [6.07, 6.45) is -5.03. The summed E-state index contributed by atoms with van der Waals surface area (Å²) < 4.78 is 4.48. The molecule has 0 radical (unpaired) electrons. The largest absolute Gasteiger partial charge is 0.458 e. The van der Waals surface area contributed by atoms with Gasteiger partial charge in [0.15, 0.2) is 6.10 Å². The van der Waals surface area contributed by atoms with E-state index in [9.17, 15) is 4.79 Å². The molecule has 11 heavy (non-hydrogen) atoms. The Morgan fingerprint density at radius 1 is 1.27 bits per heavy atom. The van der Waals surface area contributed by atoms with Gasteiger partial charge in [0.05, 0.1) is 0 Å². The molecule has 1 rings (SSSR count). The highest BCUT2D eigenvalue weighted by molar-refractivity contribution is 5.76. The van der Waals surface area contributed by atoms with E-state index in [-0.39, 0.29) is 0 Å². The van der Waals surface area contributed by atoms with Crippen molar-refractivity contribution >= 4 is 5.97 Å². The van der Waals surface area contributed by atoms with Gasteiger partial charge in [0, 0.05) is 0 Å². The predicted octanol–water partition coefficient (Wildman–Crippen LogP) is -1.99. The molecule has 0 spiro atoms. The van der Waals surface area contributed by atoms with Crippen LogP contribution in [0.4, 0.5) is 0 Å². The zero-order valence-corrected chi connectivity index (χ0v) is 5.97. The first-order chi connectivity index (χ1) is 5.04. The Kier molecular flexibility index (Phi) is 2.12. The van der Waals surface area contributed by atoms with Gasteiger partial charge in [0.25, 0.3) is 0 Å². The molecular weight excluding hydrogens is 152 g/mol. The van der Waals surface area contributed by atoms with Crippen LogP contribution in [-0.2, 0) is 9.53 Å². The minimum absolute atomic E-state index is 0.763. The Morgan fingerprint density at radius 3 is 2.36 bits per heavy atom. The number of ether oxygens (including phenoxy) is 1. The normalized spacial score (nSPS) is 45.3. The topological polar surface area (TPSA) is 87.0 Å². The maximum absolute atomic E-state index is 10.6. The Hall–Kier alpha value is -0.650. The molecule has 0 amide bonds. The molecule has 64 valence electrons. The van der Waals surface area contributed by atoms with Gasteiger partial charge >= 0.3 is 5.97 Å². The molecular formula is C6H10O5. The number of aliphatic hydroxyl groups excluding tert-OH is 3. The van der Waals surface area contributed by atoms with Crippen molar-refractivity contribution in [2.75, 3.05) is 0 Å². The summed E-state index contributed by atoms with van der Waals surface area (Å²) in [7, 11) is 0. The Labute approximate surface area is 63.2 Å². The van der Waals surface area contributed by atoms with Crippen molar-refractivity contribution in [2.24, 2.45) is 0 Å². The fraction of sp³-hybridized carbons (Fsp3) is 0.833. The minimum atomic E-state index is -1.62. The maximum atomic E-state index is 10.6. The molecule has 0 aromatic carbocycles. The van der Waals surface area contributed by atoms with Gasteiger partial charge in [-0.1, -0.05) is 0 Å². The standard InChI is InChI=1S/C6H10O5/c1-2-3(7)4(8)5(9)6(10)11-2/h2-5,7-9H,1H3/t2-,3+,4+,5-/m0/s1. The van der Waals surface area contributed by atoms with Gasteiger partial charge in [-0.2, -0.15) is 0 Å². The first-order valence-electron chi connectivity index (χ1n) is 3.28. The third kappa shape index (κ3) is 1.35. The van der Waals surface area contributed by atoms with Crippen LogP contribution in [0.2, 0.25) is 0 Å². The van der Waals surface area contributed by atoms with Crippen LogP contribution in [0, 0.1) is 0 Å². The summed E-state index contributed by atoms with van der Waals surface area (Å²) >= 11 is 0. The van der Waals surface area contributed by atoms with E-state index < -0.39 is 30.4 Å². The summed E-state index contributed by atoms with van der Waals surface area (Å²) in [5.74, 6) is -0.893. The third-order valence-corrected chi connectivity index (χ3v) is 1.70. The molecule has 0 aliphatic carbocycles. The molecule has 1 aliphatic rings. The summed E-state index contributed by atoms with van der Waals surface area (Å²) in [6.45, 7) is 1.44. The Morgan fingerprint density at radius 2 is 1.82 bits per heavy atom. The van der Waals surface area contributed by atoms with Gasteiger partial charge in [-0.15, -0.1) is 0 Å². The second-order valence-corrected chi connectivity index (χ2v) is 2.57. The van der Waals surface area contributed by atoms with E-state index in [4.69, 9.17) is 15.3 Å². The van der Waals surface area contributed by atoms with Crippen molar-refractivity contribution in [1.82, 2.24) is 0 Å². The molecule has 1 heterocycles. The summed E-state index contributed by atoms with van der Waals surface area (Å²) in [6, 6.07) is 0. The van der Waals surface area contributed by atoms with Crippen molar-refractivity contribution < 1.29 is 24.9 Å². The predicted molar refractivity (Wildman–Crippen MR) is 33.6 cm³/mol. The van der Waals surface area contributed by atoms with Crippen LogP contribution < -0.4 is 0 Å². The van der Waals surface area contributed by atoms with Crippen molar-refractivity contribution in [3.63, 3.8) is 0 Å². The van der Waals surface area contributed by atoms with Gasteiger partial charge in [-0.05, 0) is 6.92 Å². The smallest absolute Gasteiger partial charge is 0.338 e. The lowest BCUT2D eigenvalue weighted by atomic mass is 10.0. The number of hydrogen-bond acceptors (Lipinski definition) is 5. The van der Waals surface area contributed by atoms with E-state index in [0.717, 1.165) is 0 Å². The number of hydrogen-bond donors (Lipinski definition) is 3. The van der Waals surface area contributed by atoms with E-state index in [1.807, 2.05) is 0 Å². The highest BCUT2D eigenvalue weighted by Crippen LogP contribution is 2.15. The van der Waals surface area contributed by atoms with Crippen molar-refractivity contribution in [3.8, 4) is 0 Å². The van der Waals surface area contributed by atoms with E-state index in [1.54, 1.807) is 0 Å². The molecule has 0 unspecified atom stereocenters. The maximum Gasteiger partial charge on any atom is 0.338 e. The second kappa shape index (κ2) is 2.77. The summed E-state index contributed by atoms with van der Waals surface area (Å²) in [5, 5.41) is 26.9. The van der Waals surface area contributed by atoms with E-state index in [1.165, 1.54) is 6.92 Å². The summed E-state index contributed by atoms with van der Waals surface area (Å²) in [5.41, 5.74) is 0. The molecule has 0 aromatic rings. The Bertz CT molecular complexity index is 168. The quantitative estimate of drug-likeness (QED) is 0.359.